The van der Waals surface area contributed by atoms with Crippen LogP contribution in [0.15, 0.2) is 121 Å². The molecule has 2 N–H and O–H groups in total. The van der Waals surface area contributed by atoms with Crippen molar-refractivity contribution in [1.82, 2.24) is 0 Å². The smallest absolute Gasteiger partial charge is 0.335 e. The lowest BCUT2D eigenvalue weighted by molar-refractivity contribution is -0.135. The molecular formula is C41H30ClNO7. The number of carboxylic acid groups (broad SMARTS) is 1. The van der Waals surface area contributed by atoms with Crippen molar-refractivity contribution in [1.29, 1.82) is 0 Å². The molecule has 50 heavy (non-hydrogen) atoms. The molecule has 0 spiro atoms. The predicted octanol–water partition coefficient (Wildman–Crippen LogP) is 6.77. The fraction of sp³-hybridized carbons (Fsp3) is 0.195. The number of aromatic carboxylic acids is 1. The van der Waals surface area contributed by atoms with Gasteiger partial charge in [0.25, 0.3) is 0 Å². The molecule has 0 radical (unpaired) electrons. The number of hydrogen-bond acceptors (Lipinski definition) is 6. The zero-order valence-corrected chi connectivity index (χ0v) is 27.3. The first-order chi connectivity index (χ1) is 24.1. The van der Waals surface area contributed by atoms with Crippen LogP contribution in [0.1, 0.15) is 45.8 Å². The largest absolute Gasteiger partial charge is 0.508 e. The molecule has 4 aliphatic rings. The first kappa shape index (κ1) is 31.7. The molecule has 1 saturated heterocycles. The lowest BCUT2D eigenvalue weighted by atomic mass is 9.44. The number of allylic oxidation sites excluding steroid dienone is 4. The van der Waals surface area contributed by atoms with Gasteiger partial charge in [-0.15, -0.1) is 0 Å². The van der Waals surface area contributed by atoms with E-state index in [1.165, 1.54) is 36.4 Å². The number of imide groups is 1. The van der Waals surface area contributed by atoms with Crippen molar-refractivity contribution >= 4 is 52.2 Å². The molecule has 8 nitrogen and oxygen atoms in total. The fourth-order valence-corrected chi connectivity index (χ4v) is 9.19. The van der Waals surface area contributed by atoms with Crippen molar-refractivity contribution in [2.24, 2.45) is 23.7 Å². The second-order valence-electron chi connectivity index (χ2n) is 13.4. The molecule has 1 heterocycles. The summed E-state index contributed by atoms with van der Waals surface area (Å²) in [4.78, 5) is 71.4. The highest BCUT2D eigenvalue weighted by molar-refractivity contribution is 6.32. The second kappa shape index (κ2) is 11.8. The fourth-order valence-electron chi connectivity index (χ4n) is 9.01. The molecule has 1 saturated carbocycles. The molecule has 2 amide bonds. The maximum atomic E-state index is 15.1. The molecule has 0 bridgehead atoms. The van der Waals surface area contributed by atoms with Gasteiger partial charge >= 0.3 is 5.97 Å². The van der Waals surface area contributed by atoms with E-state index in [1.807, 2.05) is 42.5 Å². The molecule has 9 heteroatoms. The third kappa shape index (κ3) is 4.55. The van der Waals surface area contributed by atoms with Gasteiger partial charge in [-0.3, -0.25) is 24.1 Å². The maximum Gasteiger partial charge on any atom is 0.335 e. The number of phenolic OH excluding ortho intramolecular Hbond substituents is 1. The van der Waals surface area contributed by atoms with E-state index in [1.54, 1.807) is 36.4 Å². The number of fused-ring (bicyclic) bond motifs is 4. The number of carbonyl (C=O) groups is 5. The number of aromatic hydroxyl groups is 1. The summed E-state index contributed by atoms with van der Waals surface area (Å²) in [5, 5.41) is 21.4. The van der Waals surface area contributed by atoms with Gasteiger partial charge in [0.1, 0.15) is 5.75 Å². The summed E-state index contributed by atoms with van der Waals surface area (Å²) in [6, 6.07) is 28.4. The topological polar surface area (TPSA) is 129 Å². The molecule has 4 aromatic rings. The molecule has 6 unspecified atom stereocenters. The minimum atomic E-state index is -1.50. The Labute approximate surface area is 292 Å². The number of phenols is 1. The van der Waals surface area contributed by atoms with Crippen LogP contribution in [0.4, 0.5) is 5.69 Å². The van der Waals surface area contributed by atoms with Crippen LogP contribution in [0.3, 0.4) is 0 Å². The number of Topliss-reactive ketones (excluding diaryl/α,β-unsaturated/α-hetero) is 1. The summed E-state index contributed by atoms with van der Waals surface area (Å²) in [5.41, 5.74) is 1.08. The Hall–Kier alpha value is -5.60. The number of carbonyl (C=O) groups excluding carboxylic acids is 4. The van der Waals surface area contributed by atoms with Gasteiger partial charge in [-0.25, -0.2) is 4.79 Å². The van der Waals surface area contributed by atoms with E-state index in [2.05, 4.69) is 0 Å². The predicted molar refractivity (Wildman–Crippen MR) is 186 cm³/mol. The van der Waals surface area contributed by atoms with Crippen LogP contribution in [-0.2, 0) is 24.6 Å². The number of anilines is 1. The molecule has 0 aromatic heterocycles. The molecule has 3 aliphatic carbocycles. The van der Waals surface area contributed by atoms with Gasteiger partial charge in [-0.05, 0) is 72.4 Å². The Morgan fingerprint density at radius 3 is 2.26 bits per heavy atom. The highest BCUT2D eigenvalue weighted by atomic mass is 35.5. The van der Waals surface area contributed by atoms with Crippen LogP contribution in [-0.4, -0.2) is 39.6 Å². The van der Waals surface area contributed by atoms with Crippen LogP contribution in [0, 0.1) is 23.7 Å². The lowest BCUT2D eigenvalue weighted by Crippen LogP contribution is -2.58. The Balaban J connectivity index is 1.36. The minimum absolute atomic E-state index is 0.0647. The maximum absolute atomic E-state index is 15.1. The van der Waals surface area contributed by atoms with Gasteiger partial charge in [-0.1, -0.05) is 90.0 Å². The van der Waals surface area contributed by atoms with Gasteiger partial charge in [0.05, 0.1) is 28.5 Å². The van der Waals surface area contributed by atoms with Crippen LogP contribution < -0.4 is 4.90 Å². The Bertz CT molecular complexity index is 2190. The summed E-state index contributed by atoms with van der Waals surface area (Å²) in [6.07, 6.45) is 3.59. The highest BCUT2D eigenvalue weighted by Crippen LogP contribution is 2.64. The second-order valence-corrected chi connectivity index (χ2v) is 13.8. The number of rotatable bonds is 5. The van der Waals surface area contributed by atoms with Gasteiger partial charge < -0.3 is 10.2 Å². The average Bonchev–Trinajstić information content (AvgIpc) is 3.39. The summed E-state index contributed by atoms with van der Waals surface area (Å²) < 4.78 is 0. The van der Waals surface area contributed by atoms with Crippen LogP contribution in [0.25, 0.3) is 5.57 Å². The van der Waals surface area contributed by atoms with Crippen molar-refractivity contribution in [3.8, 4) is 5.75 Å². The first-order valence-corrected chi connectivity index (χ1v) is 16.8. The number of carboxylic acids is 1. The van der Waals surface area contributed by atoms with E-state index < -0.39 is 52.8 Å². The number of benzene rings is 4. The number of ketones is 2. The molecular weight excluding hydrogens is 654 g/mol. The zero-order chi connectivity index (χ0) is 34.9. The lowest BCUT2D eigenvalue weighted by Gasteiger charge is -2.55. The Kier molecular flexibility index (Phi) is 7.45. The Morgan fingerprint density at radius 1 is 0.820 bits per heavy atom. The van der Waals surface area contributed by atoms with Crippen molar-refractivity contribution in [3.63, 3.8) is 0 Å². The third-order valence-electron chi connectivity index (χ3n) is 11.0. The van der Waals surface area contributed by atoms with Crippen molar-refractivity contribution in [3.05, 3.63) is 148 Å². The van der Waals surface area contributed by atoms with E-state index in [-0.39, 0.29) is 47.0 Å². The van der Waals surface area contributed by atoms with Gasteiger partial charge in [0, 0.05) is 28.0 Å². The summed E-state index contributed by atoms with van der Waals surface area (Å²) in [5.74, 6) is -7.02. The summed E-state index contributed by atoms with van der Waals surface area (Å²) in [7, 11) is 0. The van der Waals surface area contributed by atoms with Crippen molar-refractivity contribution in [2.75, 3.05) is 4.90 Å². The van der Waals surface area contributed by atoms with E-state index in [0.29, 0.717) is 27.3 Å². The van der Waals surface area contributed by atoms with E-state index in [9.17, 15) is 29.4 Å². The van der Waals surface area contributed by atoms with Crippen LogP contribution in [0.2, 0.25) is 5.02 Å². The average molecular weight is 684 g/mol. The molecule has 6 atom stereocenters. The summed E-state index contributed by atoms with van der Waals surface area (Å²) >= 11 is 6.56. The number of hydrogen-bond donors (Lipinski definition) is 2. The van der Waals surface area contributed by atoms with E-state index >= 15 is 4.79 Å². The van der Waals surface area contributed by atoms with Crippen LogP contribution in [0.5, 0.6) is 5.75 Å². The SMILES string of the molecule is O=C(O)c1cccc(N2C(=O)C3CC=C4C(CC5C(=O)C(c6ccccc6)=CC(=O)C5(c5ccccc5)C4c4cc(Cl)ccc4O)C3C2=O)c1. The summed E-state index contributed by atoms with van der Waals surface area (Å²) in [6.45, 7) is 0. The zero-order valence-electron chi connectivity index (χ0n) is 26.5. The van der Waals surface area contributed by atoms with Gasteiger partial charge in [0.2, 0.25) is 11.8 Å². The standard InChI is InChI=1S/C41H30ClNO7/c42-25-14-17-33(44)31(19-25)36-27-15-16-28-35(39(48)43(38(28)47)26-13-7-10-23(18-26)40(49)50)30(27)20-32-37(46)29(22-8-3-1-4-9-22)21-34(45)41(32,36)24-11-5-2-6-12-24/h1-15,17-19,21,28,30,32,35-36,44H,16,20H2,(H,49,50). The minimum Gasteiger partial charge on any atom is -0.508 e. The number of halogens is 1. The van der Waals surface area contributed by atoms with Gasteiger partial charge in [-0.2, -0.15) is 0 Å². The van der Waals surface area contributed by atoms with Gasteiger partial charge in [0.15, 0.2) is 11.6 Å². The first-order valence-electron chi connectivity index (χ1n) is 16.4. The normalized spacial score (nSPS) is 27.2. The third-order valence-corrected chi connectivity index (χ3v) is 11.3. The molecule has 4 aromatic carbocycles. The molecule has 8 rings (SSSR count). The van der Waals surface area contributed by atoms with Crippen molar-refractivity contribution in [2.45, 2.75) is 24.2 Å². The quantitative estimate of drug-likeness (QED) is 0.175. The van der Waals surface area contributed by atoms with Crippen molar-refractivity contribution < 1.29 is 34.2 Å². The molecule has 248 valence electrons. The van der Waals surface area contributed by atoms with E-state index in [4.69, 9.17) is 11.6 Å². The Morgan fingerprint density at radius 2 is 1.54 bits per heavy atom. The number of nitrogens with zero attached hydrogens (tertiary/aromatic N) is 1. The monoisotopic (exact) mass is 683 g/mol. The van der Waals surface area contributed by atoms with Crippen LogP contribution >= 0.6 is 11.6 Å². The highest BCUT2D eigenvalue weighted by Gasteiger charge is 2.66. The van der Waals surface area contributed by atoms with E-state index in [0.717, 1.165) is 4.90 Å². The molecule has 2 fully saturated rings. The molecule has 1 aliphatic heterocycles. The number of amides is 2.